The molecule has 250 valence electrons. The van der Waals surface area contributed by atoms with Gasteiger partial charge in [0.2, 0.25) is 0 Å². The van der Waals surface area contributed by atoms with E-state index in [-0.39, 0.29) is 0 Å². The Bertz CT molecular complexity index is 3100. The van der Waals surface area contributed by atoms with Gasteiger partial charge in [0.05, 0.1) is 22.1 Å². The fourth-order valence-electron chi connectivity index (χ4n) is 8.72. The minimum absolute atomic E-state index is 0.297. The van der Waals surface area contributed by atoms with Crippen LogP contribution < -0.4 is 4.90 Å². The molecule has 0 radical (unpaired) electrons. The highest BCUT2D eigenvalue weighted by Gasteiger charge is 2.23. The number of hydrogen-bond acceptors (Lipinski definition) is 2. The number of allylic oxidation sites excluding steroid dienone is 3. The number of para-hydroxylation sites is 2. The van der Waals surface area contributed by atoms with E-state index in [2.05, 4.69) is 191 Å². The fraction of sp³-hybridized carbons (Fsp3) is 0.0400. The fourth-order valence-corrected chi connectivity index (χ4v) is 8.72. The van der Waals surface area contributed by atoms with Crippen molar-refractivity contribution in [2.75, 3.05) is 4.90 Å². The molecule has 1 unspecified atom stereocenters. The molecule has 0 bridgehead atoms. The second-order valence-electron chi connectivity index (χ2n) is 14.0. The largest absolute Gasteiger partial charge is 0.456 e. The summed E-state index contributed by atoms with van der Waals surface area (Å²) in [7, 11) is 0. The second-order valence-corrected chi connectivity index (χ2v) is 14.0. The lowest BCUT2D eigenvalue weighted by atomic mass is 9.88. The Morgan fingerprint density at radius 3 is 2.02 bits per heavy atom. The van der Waals surface area contributed by atoms with Crippen LogP contribution in [0, 0.1) is 0 Å². The molecule has 0 fully saturated rings. The zero-order chi connectivity index (χ0) is 34.9. The number of furan rings is 1. The molecule has 10 aromatic rings. The van der Waals surface area contributed by atoms with Gasteiger partial charge in [-0.15, -0.1) is 0 Å². The highest BCUT2D eigenvalue weighted by atomic mass is 16.3. The number of hydrogen-bond donors (Lipinski definition) is 0. The summed E-state index contributed by atoms with van der Waals surface area (Å²) in [5.41, 5.74) is 10.0. The molecule has 1 aliphatic rings. The van der Waals surface area contributed by atoms with Crippen molar-refractivity contribution in [2.45, 2.75) is 12.3 Å². The second kappa shape index (κ2) is 11.9. The molecule has 2 heterocycles. The average molecular weight is 679 g/mol. The zero-order valence-electron chi connectivity index (χ0n) is 29.0. The molecule has 1 aliphatic carbocycles. The highest BCUT2D eigenvalue weighted by Crippen LogP contribution is 2.44. The molecule has 0 saturated heterocycles. The summed E-state index contributed by atoms with van der Waals surface area (Å²) in [4.78, 5) is 2.41. The number of fused-ring (bicyclic) bond motifs is 9. The summed E-state index contributed by atoms with van der Waals surface area (Å²) in [6.45, 7) is 0. The molecule has 8 aromatic carbocycles. The van der Waals surface area contributed by atoms with Gasteiger partial charge in [-0.3, -0.25) is 0 Å². The summed E-state index contributed by atoms with van der Waals surface area (Å²) in [6, 6.07) is 61.2. The lowest BCUT2D eigenvalue weighted by Crippen LogP contribution is -2.17. The zero-order valence-corrected chi connectivity index (χ0v) is 29.0. The Balaban J connectivity index is 1.06. The molecule has 0 N–H and O–H groups in total. The molecule has 3 nitrogen and oxygen atoms in total. The summed E-state index contributed by atoms with van der Waals surface area (Å²) in [5.74, 6) is 0.297. The first-order valence-electron chi connectivity index (χ1n) is 18.4. The van der Waals surface area contributed by atoms with Crippen molar-refractivity contribution in [1.29, 1.82) is 0 Å². The standard InChI is InChI=1S/C50H34N2O/c1-3-14-39-33(11-1)13-9-18-40(39)35-23-26-36(27-24-35)51(45-20-10-22-48-50(45)43-17-6-8-21-47(43)53-48)37-28-30-38(31-29-37)52-44-19-7-5-16-42(44)49-41-15-4-2-12-34(41)25-32-46(49)52/h1-23,25-32,35H,24H2. The van der Waals surface area contributed by atoms with Gasteiger partial charge in [-0.1, -0.05) is 127 Å². The Morgan fingerprint density at radius 1 is 0.509 bits per heavy atom. The smallest absolute Gasteiger partial charge is 0.137 e. The molecular formula is C50H34N2O. The lowest BCUT2D eigenvalue weighted by molar-refractivity contribution is 0.669. The van der Waals surface area contributed by atoms with Crippen molar-refractivity contribution in [3.8, 4) is 5.69 Å². The van der Waals surface area contributed by atoms with E-state index in [1.807, 2.05) is 6.07 Å². The van der Waals surface area contributed by atoms with Crippen LogP contribution in [0.1, 0.15) is 17.9 Å². The summed E-state index contributed by atoms with van der Waals surface area (Å²) in [5, 5.41) is 9.93. The first-order valence-corrected chi connectivity index (χ1v) is 18.4. The molecule has 0 aliphatic heterocycles. The minimum atomic E-state index is 0.297. The van der Waals surface area contributed by atoms with E-state index in [0.717, 1.165) is 51.1 Å². The molecule has 1 atom stereocenters. The summed E-state index contributed by atoms with van der Waals surface area (Å²) >= 11 is 0. The van der Waals surface area contributed by atoms with Crippen molar-refractivity contribution >= 4 is 76.7 Å². The van der Waals surface area contributed by atoms with E-state index in [1.54, 1.807) is 0 Å². The van der Waals surface area contributed by atoms with E-state index in [1.165, 1.54) is 48.9 Å². The quantitative estimate of drug-likeness (QED) is 0.181. The number of benzene rings is 8. The third-order valence-electron chi connectivity index (χ3n) is 11.1. The van der Waals surface area contributed by atoms with Gasteiger partial charge in [-0.2, -0.15) is 0 Å². The number of aromatic nitrogens is 1. The molecule has 11 rings (SSSR count). The molecule has 0 amide bonds. The van der Waals surface area contributed by atoms with Crippen molar-refractivity contribution < 1.29 is 4.42 Å². The molecular weight excluding hydrogens is 645 g/mol. The van der Waals surface area contributed by atoms with Gasteiger partial charge in [-0.05, 0) is 94.2 Å². The predicted octanol–water partition coefficient (Wildman–Crippen LogP) is 13.8. The van der Waals surface area contributed by atoms with Gasteiger partial charge in [0.15, 0.2) is 0 Å². The van der Waals surface area contributed by atoms with Crippen LogP contribution in [-0.2, 0) is 0 Å². The molecule has 0 saturated carbocycles. The third kappa shape index (κ3) is 4.67. The molecule has 0 spiro atoms. The van der Waals surface area contributed by atoms with Crippen LogP contribution in [-0.4, -0.2) is 4.57 Å². The number of anilines is 2. The van der Waals surface area contributed by atoms with Crippen LogP contribution in [0.2, 0.25) is 0 Å². The maximum absolute atomic E-state index is 6.40. The van der Waals surface area contributed by atoms with E-state index in [0.29, 0.717) is 5.92 Å². The topological polar surface area (TPSA) is 21.3 Å². The van der Waals surface area contributed by atoms with Crippen LogP contribution in [0.15, 0.2) is 198 Å². The minimum Gasteiger partial charge on any atom is -0.456 e. The maximum Gasteiger partial charge on any atom is 0.137 e. The van der Waals surface area contributed by atoms with E-state index < -0.39 is 0 Å². The Kier molecular flexibility index (Phi) is 6.68. The van der Waals surface area contributed by atoms with Gasteiger partial charge in [-0.25, -0.2) is 0 Å². The van der Waals surface area contributed by atoms with Crippen molar-refractivity contribution in [3.63, 3.8) is 0 Å². The van der Waals surface area contributed by atoms with Crippen molar-refractivity contribution in [3.05, 3.63) is 199 Å². The van der Waals surface area contributed by atoms with E-state index in [4.69, 9.17) is 4.42 Å². The van der Waals surface area contributed by atoms with Crippen molar-refractivity contribution in [2.24, 2.45) is 0 Å². The number of nitrogens with zero attached hydrogens (tertiary/aromatic N) is 2. The van der Waals surface area contributed by atoms with Crippen LogP contribution in [0.3, 0.4) is 0 Å². The van der Waals surface area contributed by atoms with E-state index >= 15 is 0 Å². The predicted molar refractivity (Wildman–Crippen MR) is 223 cm³/mol. The first-order chi connectivity index (χ1) is 26.3. The summed E-state index contributed by atoms with van der Waals surface area (Å²) < 4.78 is 8.80. The van der Waals surface area contributed by atoms with E-state index in [9.17, 15) is 0 Å². The van der Waals surface area contributed by atoms with Crippen LogP contribution in [0.5, 0.6) is 0 Å². The average Bonchev–Trinajstić information content (AvgIpc) is 3.78. The molecule has 2 aromatic heterocycles. The van der Waals surface area contributed by atoms with Crippen LogP contribution >= 0.6 is 0 Å². The monoisotopic (exact) mass is 678 g/mol. The van der Waals surface area contributed by atoms with Gasteiger partial charge < -0.3 is 13.9 Å². The van der Waals surface area contributed by atoms with Crippen LogP contribution in [0.25, 0.3) is 71.0 Å². The maximum atomic E-state index is 6.40. The number of rotatable bonds is 5. The van der Waals surface area contributed by atoms with Gasteiger partial charge in [0, 0.05) is 39.1 Å². The Hall–Kier alpha value is -6.84. The highest BCUT2D eigenvalue weighted by molar-refractivity contribution is 6.21. The lowest BCUT2D eigenvalue weighted by Gasteiger charge is -2.30. The summed E-state index contributed by atoms with van der Waals surface area (Å²) in [6.07, 6.45) is 8.00. The third-order valence-corrected chi connectivity index (χ3v) is 11.1. The normalized spacial score (nSPS) is 14.6. The van der Waals surface area contributed by atoms with Gasteiger partial charge in [0.25, 0.3) is 0 Å². The molecule has 3 heteroatoms. The molecule has 53 heavy (non-hydrogen) atoms. The van der Waals surface area contributed by atoms with Gasteiger partial charge >= 0.3 is 0 Å². The SMILES string of the molecule is C1=CC(c2cccc3ccccc23)CC=C1N(c1ccc(-n2c3ccccc3c3c4ccccc4ccc32)cc1)c1cccc2oc3ccccc3c12. The Morgan fingerprint density at radius 2 is 1.19 bits per heavy atom. The van der Waals surface area contributed by atoms with Crippen LogP contribution in [0.4, 0.5) is 11.4 Å². The van der Waals surface area contributed by atoms with Crippen molar-refractivity contribution in [1.82, 2.24) is 4.57 Å². The first kappa shape index (κ1) is 29.8. The Labute approximate surface area is 306 Å². The van der Waals surface area contributed by atoms with Gasteiger partial charge in [0.1, 0.15) is 11.2 Å².